The third-order valence-corrected chi connectivity index (χ3v) is 17.1. The molecule has 13 aromatic carbocycles. The number of hydrogen-bond donors (Lipinski definition) is 0. The van der Waals surface area contributed by atoms with Crippen LogP contribution in [0.5, 0.6) is 0 Å². The number of benzene rings is 13. The van der Waals surface area contributed by atoms with Gasteiger partial charge in [-0.1, -0.05) is 152 Å². The molecule has 394 valence electrons. The van der Waals surface area contributed by atoms with E-state index in [0.717, 1.165) is 56.9 Å². The molecule has 84 heavy (non-hydrogen) atoms. The van der Waals surface area contributed by atoms with Crippen LogP contribution in [0.25, 0.3) is 110 Å². The molecule has 0 aliphatic heterocycles. The van der Waals surface area contributed by atoms with Crippen LogP contribution in [0.4, 0.5) is 34.1 Å². The predicted molar refractivity (Wildman–Crippen MR) is 353 cm³/mol. The van der Waals surface area contributed by atoms with E-state index < -0.39 is 0 Å². The summed E-state index contributed by atoms with van der Waals surface area (Å²) in [6, 6.07) is 115. The molecule has 6 nitrogen and oxygen atoms in total. The molecule has 0 aliphatic rings. The van der Waals surface area contributed by atoms with Gasteiger partial charge in [0.1, 0.15) is 0 Å². The Morgan fingerprint density at radius 2 is 0.333 bits per heavy atom. The van der Waals surface area contributed by atoms with Gasteiger partial charge in [-0.15, -0.1) is 0 Å². The Bertz CT molecular complexity index is 4510. The second-order valence-corrected chi connectivity index (χ2v) is 21.7. The second kappa shape index (κ2) is 19.2. The standard InChI is InChI=1S/C78H52N6/c1-9-28-71-63(20-1)64-21-2-10-29-72(64)81(71)57-44-36-53(37-45-57)79(54-38-46-58(47-39-54)82-73-30-11-3-22-65(73)66-23-4-12-31-74(66)82)61-18-17-19-62(52-61)80(55-40-48-59(49-41-55)83-75-32-13-5-24-67(75)68-25-6-14-33-76(68)83)56-42-50-60(51-43-56)84-77-34-15-7-26-69(77)70-27-8-16-35-78(70)84/h1-52H. The molecule has 0 atom stereocenters. The molecule has 17 rings (SSSR count). The van der Waals surface area contributed by atoms with Gasteiger partial charge in [0.25, 0.3) is 0 Å². The molecule has 0 fully saturated rings. The van der Waals surface area contributed by atoms with Crippen molar-refractivity contribution < 1.29 is 0 Å². The maximum Gasteiger partial charge on any atom is 0.0541 e. The monoisotopic (exact) mass is 1070 g/mol. The first kappa shape index (κ1) is 47.5. The maximum atomic E-state index is 2.39. The number of fused-ring (bicyclic) bond motifs is 12. The summed E-state index contributed by atoms with van der Waals surface area (Å²) in [4.78, 5) is 4.79. The highest BCUT2D eigenvalue weighted by atomic mass is 15.2. The molecule has 0 radical (unpaired) electrons. The lowest BCUT2D eigenvalue weighted by Gasteiger charge is -2.30. The minimum absolute atomic E-state index is 1.02. The lowest BCUT2D eigenvalue weighted by atomic mass is 10.1. The van der Waals surface area contributed by atoms with E-state index in [-0.39, 0.29) is 0 Å². The largest absolute Gasteiger partial charge is 0.310 e. The number of anilines is 6. The molecule has 0 bridgehead atoms. The lowest BCUT2D eigenvalue weighted by Crippen LogP contribution is -2.13. The highest BCUT2D eigenvalue weighted by Crippen LogP contribution is 2.44. The minimum atomic E-state index is 1.02. The van der Waals surface area contributed by atoms with Crippen molar-refractivity contribution in [1.82, 2.24) is 18.3 Å². The van der Waals surface area contributed by atoms with Crippen LogP contribution in [0.2, 0.25) is 0 Å². The highest BCUT2D eigenvalue weighted by Gasteiger charge is 2.22. The summed E-state index contributed by atoms with van der Waals surface area (Å²) >= 11 is 0. The lowest BCUT2D eigenvalue weighted by molar-refractivity contribution is 1.16. The first-order valence-electron chi connectivity index (χ1n) is 28.8. The topological polar surface area (TPSA) is 26.2 Å². The summed E-state index contributed by atoms with van der Waals surface area (Å²) in [5, 5.41) is 9.93. The van der Waals surface area contributed by atoms with Crippen LogP contribution in [0.15, 0.2) is 315 Å². The Balaban J connectivity index is 0.824. The second-order valence-electron chi connectivity index (χ2n) is 21.7. The SMILES string of the molecule is c1cc(N(c2ccc(-n3c4ccccc4c4ccccc43)cc2)c2ccc(-n3c4ccccc4c4ccccc43)cc2)cc(N(c2ccc(-n3c4ccccc4c4ccccc43)cc2)c2ccc(-n3c4ccccc4c4ccccc43)cc2)c1. The molecule has 4 heterocycles. The summed E-state index contributed by atoms with van der Waals surface area (Å²) in [5.74, 6) is 0. The molecule has 0 unspecified atom stereocenters. The van der Waals surface area contributed by atoms with Gasteiger partial charge in [-0.3, -0.25) is 0 Å². The fraction of sp³-hybridized carbons (Fsp3) is 0. The molecule has 17 aromatic rings. The fourth-order valence-corrected chi connectivity index (χ4v) is 13.5. The smallest absolute Gasteiger partial charge is 0.0541 e. The van der Waals surface area contributed by atoms with Crippen molar-refractivity contribution >= 4 is 121 Å². The summed E-state index contributed by atoms with van der Waals surface area (Å²) in [7, 11) is 0. The number of hydrogen-bond acceptors (Lipinski definition) is 2. The Morgan fingerprint density at radius 1 is 0.155 bits per heavy atom. The van der Waals surface area contributed by atoms with Gasteiger partial charge < -0.3 is 28.1 Å². The van der Waals surface area contributed by atoms with Gasteiger partial charge in [0.15, 0.2) is 0 Å². The molecule has 0 saturated heterocycles. The molecule has 0 aliphatic carbocycles. The number of aromatic nitrogens is 4. The molecule has 0 N–H and O–H groups in total. The van der Waals surface area contributed by atoms with Gasteiger partial charge in [-0.05, 0) is 164 Å². The summed E-state index contributed by atoms with van der Waals surface area (Å²) < 4.78 is 9.54. The summed E-state index contributed by atoms with van der Waals surface area (Å²) in [5.41, 5.74) is 20.1. The van der Waals surface area contributed by atoms with Crippen molar-refractivity contribution in [2.24, 2.45) is 0 Å². The molecule has 4 aromatic heterocycles. The van der Waals surface area contributed by atoms with Crippen LogP contribution in [0.1, 0.15) is 0 Å². The number of para-hydroxylation sites is 8. The quantitative estimate of drug-likeness (QED) is 0.136. The van der Waals surface area contributed by atoms with Crippen molar-refractivity contribution in [3.8, 4) is 22.7 Å². The van der Waals surface area contributed by atoms with Crippen molar-refractivity contribution in [2.45, 2.75) is 0 Å². The molecular formula is C78H52N6. The zero-order valence-corrected chi connectivity index (χ0v) is 45.7. The fourth-order valence-electron chi connectivity index (χ4n) is 13.5. The van der Waals surface area contributed by atoms with E-state index >= 15 is 0 Å². The summed E-state index contributed by atoms with van der Waals surface area (Å²) in [6.07, 6.45) is 0. The van der Waals surface area contributed by atoms with Crippen LogP contribution in [-0.4, -0.2) is 18.3 Å². The minimum Gasteiger partial charge on any atom is -0.310 e. The van der Waals surface area contributed by atoms with E-state index in [1.165, 1.54) is 87.2 Å². The van der Waals surface area contributed by atoms with E-state index in [1.807, 2.05) is 0 Å². The zero-order chi connectivity index (χ0) is 55.2. The van der Waals surface area contributed by atoms with Crippen molar-refractivity contribution in [3.63, 3.8) is 0 Å². The van der Waals surface area contributed by atoms with Gasteiger partial charge in [0, 0.05) is 100.0 Å². The number of rotatable bonds is 10. The molecule has 0 amide bonds. The Hall–Kier alpha value is -11.3. The molecule has 0 spiro atoms. The van der Waals surface area contributed by atoms with E-state index in [2.05, 4.69) is 344 Å². The molecule has 6 heteroatoms. The Labute approximate surface area is 485 Å². The van der Waals surface area contributed by atoms with E-state index in [9.17, 15) is 0 Å². The van der Waals surface area contributed by atoms with Crippen LogP contribution in [0.3, 0.4) is 0 Å². The van der Waals surface area contributed by atoms with Gasteiger partial charge in [-0.2, -0.15) is 0 Å². The van der Waals surface area contributed by atoms with Crippen molar-refractivity contribution in [3.05, 3.63) is 315 Å². The van der Waals surface area contributed by atoms with E-state index in [0.29, 0.717) is 0 Å². The van der Waals surface area contributed by atoms with E-state index in [1.54, 1.807) is 0 Å². The van der Waals surface area contributed by atoms with E-state index in [4.69, 9.17) is 0 Å². The Kier molecular flexibility index (Phi) is 10.8. The normalized spacial score (nSPS) is 11.8. The van der Waals surface area contributed by atoms with Gasteiger partial charge >= 0.3 is 0 Å². The summed E-state index contributed by atoms with van der Waals surface area (Å²) in [6.45, 7) is 0. The average Bonchev–Trinajstić information content (AvgIpc) is 2.95. The highest BCUT2D eigenvalue weighted by molar-refractivity contribution is 6.12. The van der Waals surface area contributed by atoms with Gasteiger partial charge in [0.2, 0.25) is 0 Å². The van der Waals surface area contributed by atoms with Crippen LogP contribution in [0, 0.1) is 0 Å². The first-order valence-corrected chi connectivity index (χ1v) is 28.8. The van der Waals surface area contributed by atoms with Gasteiger partial charge in [0.05, 0.1) is 44.1 Å². The maximum absolute atomic E-state index is 2.39. The third-order valence-electron chi connectivity index (χ3n) is 17.1. The van der Waals surface area contributed by atoms with Crippen LogP contribution >= 0.6 is 0 Å². The predicted octanol–water partition coefficient (Wildman–Crippen LogP) is 21.0. The van der Waals surface area contributed by atoms with Crippen molar-refractivity contribution in [1.29, 1.82) is 0 Å². The third kappa shape index (κ3) is 7.44. The molecule has 0 saturated carbocycles. The van der Waals surface area contributed by atoms with Crippen molar-refractivity contribution in [2.75, 3.05) is 9.80 Å². The first-order chi connectivity index (χ1) is 41.7. The van der Waals surface area contributed by atoms with Crippen LogP contribution in [-0.2, 0) is 0 Å². The molecular weight excluding hydrogens is 1020 g/mol. The Morgan fingerprint density at radius 3 is 0.524 bits per heavy atom. The average molecular weight is 1070 g/mol. The van der Waals surface area contributed by atoms with Crippen LogP contribution < -0.4 is 9.80 Å². The van der Waals surface area contributed by atoms with Gasteiger partial charge in [-0.25, -0.2) is 0 Å². The number of nitrogens with zero attached hydrogens (tertiary/aromatic N) is 6. The zero-order valence-electron chi connectivity index (χ0n) is 45.7.